The SMILES string of the molecule is Cc1cccc(CN2C(=O)[C@@H]3CCCN3C(=O)[C@@H]2C)c1F. The summed E-state index contributed by atoms with van der Waals surface area (Å²) in [6.07, 6.45) is 1.58. The first-order chi connectivity index (χ1) is 10.0. The number of nitrogens with zero attached hydrogens (tertiary/aromatic N) is 2. The van der Waals surface area contributed by atoms with Crippen molar-refractivity contribution in [1.82, 2.24) is 9.80 Å². The molecule has 0 spiro atoms. The number of carbonyl (C=O) groups is 2. The highest BCUT2D eigenvalue weighted by molar-refractivity contribution is 5.97. The number of hydrogen-bond acceptors (Lipinski definition) is 2. The Hall–Kier alpha value is -1.91. The van der Waals surface area contributed by atoms with Gasteiger partial charge in [-0.2, -0.15) is 0 Å². The van der Waals surface area contributed by atoms with Crippen molar-refractivity contribution in [2.45, 2.75) is 45.3 Å². The highest BCUT2D eigenvalue weighted by atomic mass is 19.1. The van der Waals surface area contributed by atoms with Gasteiger partial charge < -0.3 is 9.80 Å². The molecule has 0 aliphatic carbocycles. The summed E-state index contributed by atoms with van der Waals surface area (Å²) >= 11 is 0. The lowest BCUT2D eigenvalue weighted by molar-refractivity contribution is -0.159. The fourth-order valence-corrected chi connectivity index (χ4v) is 3.27. The zero-order valence-electron chi connectivity index (χ0n) is 12.3. The van der Waals surface area contributed by atoms with Crippen LogP contribution in [0.2, 0.25) is 0 Å². The topological polar surface area (TPSA) is 40.6 Å². The fourth-order valence-electron chi connectivity index (χ4n) is 3.27. The largest absolute Gasteiger partial charge is 0.329 e. The van der Waals surface area contributed by atoms with Gasteiger partial charge in [0.05, 0.1) is 0 Å². The number of hydrogen-bond donors (Lipinski definition) is 0. The molecule has 0 unspecified atom stereocenters. The monoisotopic (exact) mass is 290 g/mol. The quantitative estimate of drug-likeness (QED) is 0.834. The molecule has 2 heterocycles. The molecule has 0 bridgehead atoms. The van der Waals surface area contributed by atoms with E-state index in [1.54, 1.807) is 36.9 Å². The van der Waals surface area contributed by atoms with Crippen LogP contribution in [0.25, 0.3) is 0 Å². The lowest BCUT2D eigenvalue weighted by atomic mass is 10.0. The third-order valence-electron chi connectivity index (χ3n) is 4.54. The molecule has 3 rings (SSSR count). The second-order valence-corrected chi connectivity index (χ2v) is 5.88. The van der Waals surface area contributed by atoms with E-state index in [-0.39, 0.29) is 30.2 Å². The van der Waals surface area contributed by atoms with E-state index >= 15 is 0 Å². The molecule has 2 saturated heterocycles. The Morgan fingerprint density at radius 2 is 2.05 bits per heavy atom. The predicted octanol–water partition coefficient (Wildman–Crippen LogP) is 1.86. The molecular formula is C16H19FN2O2. The second-order valence-electron chi connectivity index (χ2n) is 5.88. The van der Waals surface area contributed by atoms with Crippen LogP contribution in [0, 0.1) is 12.7 Å². The van der Waals surface area contributed by atoms with E-state index in [9.17, 15) is 14.0 Å². The minimum atomic E-state index is -0.522. The minimum Gasteiger partial charge on any atom is -0.329 e. The van der Waals surface area contributed by atoms with Crippen molar-refractivity contribution < 1.29 is 14.0 Å². The van der Waals surface area contributed by atoms with E-state index in [1.807, 2.05) is 0 Å². The van der Waals surface area contributed by atoms with Gasteiger partial charge >= 0.3 is 0 Å². The molecule has 0 N–H and O–H groups in total. The minimum absolute atomic E-state index is 0.0230. The van der Waals surface area contributed by atoms with Crippen LogP contribution >= 0.6 is 0 Å². The fraction of sp³-hybridized carbons (Fsp3) is 0.500. The second kappa shape index (κ2) is 5.13. The summed E-state index contributed by atoms with van der Waals surface area (Å²) in [4.78, 5) is 28.1. The zero-order chi connectivity index (χ0) is 15.1. The zero-order valence-corrected chi connectivity index (χ0v) is 12.3. The Bertz CT molecular complexity index is 602. The van der Waals surface area contributed by atoms with Crippen molar-refractivity contribution in [2.24, 2.45) is 0 Å². The van der Waals surface area contributed by atoms with Crippen LogP contribution in [0.5, 0.6) is 0 Å². The van der Waals surface area contributed by atoms with Gasteiger partial charge in [0.2, 0.25) is 11.8 Å². The highest BCUT2D eigenvalue weighted by Gasteiger charge is 2.45. The summed E-state index contributed by atoms with van der Waals surface area (Å²) in [6.45, 7) is 4.24. The molecule has 21 heavy (non-hydrogen) atoms. The third-order valence-corrected chi connectivity index (χ3v) is 4.54. The molecule has 1 aromatic carbocycles. The van der Waals surface area contributed by atoms with Gasteiger partial charge in [0.15, 0.2) is 0 Å². The van der Waals surface area contributed by atoms with Crippen molar-refractivity contribution in [1.29, 1.82) is 0 Å². The molecule has 4 nitrogen and oxygen atoms in total. The molecule has 2 amide bonds. The summed E-state index contributed by atoms with van der Waals surface area (Å²) in [5.41, 5.74) is 1.02. The Morgan fingerprint density at radius 1 is 1.29 bits per heavy atom. The summed E-state index contributed by atoms with van der Waals surface area (Å²) < 4.78 is 14.1. The van der Waals surface area contributed by atoms with Gasteiger partial charge in [-0.05, 0) is 32.3 Å². The van der Waals surface area contributed by atoms with Crippen LogP contribution in [0.4, 0.5) is 4.39 Å². The number of halogens is 1. The lowest BCUT2D eigenvalue weighted by Crippen LogP contribution is -2.61. The number of aryl methyl sites for hydroxylation is 1. The van der Waals surface area contributed by atoms with Crippen molar-refractivity contribution in [3.63, 3.8) is 0 Å². The van der Waals surface area contributed by atoms with Gasteiger partial charge in [-0.3, -0.25) is 9.59 Å². The maximum atomic E-state index is 14.1. The van der Waals surface area contributed by atoms with Crippen LogP contribution in [0.1, 0.15) is 30.9 Å². The summed E-state index contributed by atoms with van der Waals surface area (Å²) in [6, 6.07) is 4.28. The van der Waals surface area contributed by atoms with Gasteiger partial charge in [-0.15, -0.1) is 0 Å². The van der Waals surface area contributed by atoms with Crippen LogP contribution in [-0.4, -0.2) is 40.2 Å². The molecule has 0 radical (unpaired) electrons. The van der Waals surface area contributed by atoms with Crippen LogP contribution in [-0.2, 0) is 16.1 Å². The van der Waals surface area contributed by atoms with E-state index in [0.29, 0.717) is 24.1 Å². The molecule has 1 aromatic rings. The summed E-state index contributed by atoms with van der Waals surface area (Å²) in [5.74, 6) is -0.371. The van der Waals surface area contributed by atoms with Gasteiger partial charge in [-0.25, -0.2) is 4.39 Å². The number of amides is 2. The van der Waals surface area contributed by atoms with E-state index in [2.05, 4.69) is 0 Å². The third kappa shape index (κ3) is 2.20. The van der Waals surface area contributed by atoms with Crippen LogP contribution < -0.4 is 0 Å². The normalized spacial score (nSPS) is 25.5. The highest BCUT2D eigenvalue weighted by Crippen LogP contribution is 2.28. The van der Waals surface area contributed by atoms with Crippen molar-refractivity contribution in [3.05, 3.63) is 35.1 Å². The molecule has 0 aromatic heterocycles. The molecule has 2 aliphatic heterocycles. The Kier molecular flexibility index (Phi) is 3.43. The first-order valence-electron chi connectivity index (χ1n) is 7.35. The molecule has 2 aliphatic rings. The van der Waals surface area contributed by atoms with Crippen LogP contribution in [0.15, 0.2) is 18.2 Å². The smallest absolute Gasteiger partial charge is 0.246 e. The van der Waals surface area contributed by atoms with Crippen molar-refractivity contribution in [2.75, 3.05) is 6.54 Å². The standard InChI is InChI=1S/C16H19FN2O2/c1-10-5-3-6-12(14(10)17)9-19-11(2)15(20)18-8-4-7-13(18)16(19)21/h3,5-6,11,13H,4,7-9H2,1-2H3/t11-,13-/m0/s1. The molecule has 0 saturated carbocycles. The van der Waals surface area contributed by atoms with Gasteiger partial charge in [0.25, 0.3) is 0 Å². The van der Waals surface area contributed by atoms with Crippen molar-refractivity contribution >= 4 is 11.8 Å². The lowest BCUT2D eigenvalue weighted by Gasteiger charge is -2.41. The van der Waals surface area contributed by atoms with Crippen LogP contribution in [0.3, 0.4) is 0 Å². The van der Waals surface area contributed by atoms with E-state index in [0.717, 1.165) is 6.42 Å². The molecular weight excluding hydrogens is 271 g/mol. The predicted molar refractivity (Wildman–Crippen MR) is 75.9 cm³/mol. The molecule has 112 valence electrons. The number of rotatable bonds is 2. The van der Waals surface area contributed by atoms with Gasteiger partial charge in [-0.1, -0.05) is 18.2 Å². The maximum Gasteiger partial charge on any atom is 0.246 e. The average Bonchev–Trinajstić information content (AvgIpc) is 2.95. The van der Waals surface area contributed by atoms with E-state index < -0.39 is 6.04 Å². The Balaban J connectivity index is 1.89. The summed E-state index contributed by atoms with van der Waals surface area (Å²) in [5, 5.41) is 0. The van der Waals surface area contributed by atoms with Gasteiger partial charge in [0, 0.05) is 18.7 Å². The molecule has 5 heteroatoms. The maximum absolute atomic E-state index is 14.1. The first-order valence-corrected chi connectivity index (χ1v) is 7.35. The number of fused-ring (bicyclic) bond motifs is 1. The molecule has 2 atom stereocenters. The Labute approximate surface area is 123 Å². The van der Waals surface area contributed by atoms with E-state index in [4.69, 9.17) is 0 Å². The number of piperazine rings is 1. The first kappa shape index (κ1) is 14.0. The van der Waals surface area contributed by atoms with Crippen molar-refractivity contribution in [3.8, 4) is 0 Å². The number of benzene rings is 1. The molecule has 2 fully saturated rings. The van der Waals surface area contributed by atoms with E-state index in [1.165, 1.54) is 4.90 Å². The summed E-state index contributed by atoms with van der Waals surface area (Å²) in [7, 11) is 0. The Morgan fingerprint density at radius 3 is 2.81 bits per heavy atom. The average molecular weight is 290 g/mol. The number of carbonyl (C=O) groups excluding carboxylic acids is 2. The van der Waals surface area contributed by atoms with Gasteiger partial charge in [0.1, 0.15) is 17.9 Å².